The summed E-state index contributed by atoms with van der Waals surface area (Å²) in [5.74, 6) is -0.301. The smallest absolute Gasteiger partial charge is 0.283 e. The number of thiocarbonyl (C=S) groups is 1. The summed E-state index contributed by atoms with van der Waals surface area (Å²) in [5.41, 5.74) is 2.18. The third kappa shape index (κ3) is 3.00. The first kappa shape index (κ1) is 18.4. The first-order chi connectivity index (χ1) is 13.5. The summed E-state index contributed by atoms with van der Waals surface area (Å²) in [6.07, 6.45) is 5.07. The molecule has 140 valence electrons. The second kappa shape index (κ2) is 7.21. The molecule has 2 aromatic heterocycles. The van der Waals surface area contributed by atoms with Crippen molar-refractivity contribution in [2.75, 3.05) is 4.90 Å². The number of hydrogen-bond acceptors (Lipinski definition) is 5. The molecule has 1 saturated heterocycles. The Kier molecular flexibility index (Phi) is 4.74. The number of anilines is 1. The molecule has 1 amide bonds. The fourth-order valence-electron chi connectivity index (χ4n) is 3.08. The van der Waals surface area contributed by atoms with Gasteiger partial charge in [0.2, 0.25) is 0 Å². The number of pyridine rings is 1. The minimum absolute atomic E-state index is 0.281. The van der Waals surface area contributed by atoms with Crippen LogP contribution in [0.25, 0.3) is 11.8 Å². The lowest BCUT2D eigenvalue weighted by molar-refractivity contribution is -0.113. The Morgan fingerprint density at radius 1 is 1.11 bits per heavy atom. The molecular weight excluding hydrogens is 392 g/mol. The highest BCUT2D eigenvalue weighted by atomic mass is 32.2. The van der Waals surface area contributed by atoms with Gasteiger partial charge in [0.15, 0.2) is 4.32 Å². The second-order valence-electron chi connectivity index (χ2n) is 6.21. The van der Waals surface area contributed by atoms with Gasteiger partial charge < -0.3 is 0 Å². The van der Waals surface area contributed by atoms with E-state index in [1.165, 1.54) is 21.3 Å². The number of para-hydroxylation sites is 1. The number of carbonyl (C=O) groups excluding carboxylic acids is 1. The Labute approximate surface area is 171 Å². The van der Waals surface area contributed by atoms with Crippen LogP contribution in [0.1, 0.15) is 11.3 Å². The van der Waals surface area contributed by atoms with Crippen LogP contribution >= 0.6 is 24.0 Å². The zero-order valence-corrected chi connectivity index (χ0v) is 16.8. The molecule has 28 heavy (non-hydrogen) atoms. The molecule has 8 heteroatoms. The van der Waals surface area contributed by atoms with Crippen molar-refractivity contribution in [1.29, 1.82) is 0 Å². The summed E-state index contributed by atoms with van der Waals surface area (Å²) in [7, 11) is 1.79. The molecule has 6 nitrogen and oxygen atoms in total. The van der Waals surface area contributed by atoms with Crippen molar-refractivity contribution in [3.8, 4) is 5.69 Å². The normalized spacial score (nSPS) is 15.6. The number of thioether (sulfide) groups is 1. The van der Waals surface area contributed by atoms with Crippen LogP contribution in [0.4, 0.5) is 5.69 Å². The van der Waals surface area contributed by atoms with Crippen molar-refractivity contribution in [3.63, 3.8) is 0 Å². The molecule has 1 aromatic carbocycles. The molecule has 0 N–H and O–H groups in total. The predicted octanol–water partition coefficient (Wildman–Crippen LogP) is 3.29. The van der Waals surface area contributed by atoms with Gasteiger partial charge in [-0.2, -0.15) is 0 Å². The lowest BCUT2D eigenvalue weighted by Crippen LogP contribution is -2.33. The van der Waals surface area contributed by atoms with Gasteiger partial charge in [-0.1, -0.05) is 48.2 Å². The molecular formula is C20H16N4O2S2. The van der Waals surface area contributed by atoms with Gasteiger partial charge in [-0.25, -0.2) is 4.68 Å². The number of amides is 1. The van der Waals surface area contributed by atoms with Gasteiger partial charge in [0, 0.05) is 19.4 Å². The minimum atomic E-state index is -0.301. The summed E-state index contributed by atoms with van der Waals surface area (Å²) in [4.78, 5) is 32.1. The molecule has 3 heterocycles. The lowest BCUT2D eigenvalue weighted by atomic mass is 10.2. The lowest BCUT2D eigenvalue weighted by Gasteiger charge is -2.12. The van der Waals surface area contributed by atoms with E-state index in [1.54, 1.807) is 43.2 Å². The fraction of sp³-hybridized carbons (Fsp3) is 0.100. The van der Waals surface area contributed by atoms with Crippen LogP contribution in [0, 0.1) is 6.92 Å². The summed E-state index contributed by atoms with van der Waals surface area (Å²) in [6.45, 7) is 1.81. The van der Waals surface area contributed by atoms with Gasteiger partial charge in [-0.15, -0.1) is 0 Å². The molecule has 4 rings (SSSR count). The highest BCUT2D eigenvalue weighted by Crippen LogP contribution is 2.36. The number of aromatic nitrogens is 3. The number of benzene rings is 1. The van der Waals surface area contributed by atoms with Crippen LogP contribution in [-0.2, 0) is 11.8 Å². The third-order valence-electron chi connectivity index (χ3n) is 4.52. The zero-order valence-electron chi connectivity index (χ0n) is 15.2. The van der Waals surface area contributed by atoms with Gasteiger partial charge in [-0.3, -0.25) is 24.2 Å². The van der Waals surface area contributed by atoms with E-state index in [1.807, 2.05) is 36.4 Å². The Balaban J connectivity index is 1.80. The Morgan fingerprint density at radius 3 is 2.54 bits per heavy atom. The SMILES string of the molecule is Cc1c(N2C(=O)/C(=C\c3cccnc3)SC2=S)c(=O)n(-c2ccccc2)n1C. The Bertz CT molecular complexity index is 1160. The molecule has 0 unspecified atom stereocenters. The van der Waals surface area contributed by atoms with Crippen molar-refractivity contribution >= 4 is 46.0 Å². The predicted molar refractivity (Wildman–Crippen MR) is 116 cm³/mol. The van der Waals surface area contributed by atoms with E-state index < -0.39 is 0 Å². The van der Waals surface area contributed by atoms with Crippen LogP contribution in [0.2, 0.25) is 0 Å². The fourth-order valence-corrected chi connectivity index (χ4v) is 4.36. The first-order valence-electron chi connectivity index (χ1n) is 8.51. The van der Waals surface area contributed by atoms with Crippen molar-refractivity contribution in [2.45, 2.75) is 6.92 Å². The largest absolute Gasteiger partial charge is 0.296 e. The molecule has 3 aromatic rings. The average molecular weight is 409 g/mol. The zero-order chi connectivity index (χ0) is 19.8. The average Bonchev–Trinajstić information content (AvgIpc) is 3.09. The molecule has 0 radical (unpaired) electrons. The maximum absolute atomic E-state index is 13.2. The van der Waals surface area contributed by atoms with E-state index in [0.29, 0.717) is 14.9 Å². The minimum Gasteiger partial charge on any atom is -0.283 e. The van der Waals surface area contributed by atoms with E-state index >= 15 is 0 Å². The van der Waals surface area contributed by atoms with Gasteiger partial charge in [0.1, 0.15) is 5.69 Å². The second-order valence-corrected chi connectivity index (χ2v) is 7.89. The third-order valence-corrected chi connectivity index (χ3v) is 5.83. The molecule has 0 atom stereocenters. The van der Waals surface area contributed by atoms with E-state index in [0.717, 1.165) is 11.3 Å². The number of hydrogen-bond donors (Lipinski definition) is 0. The van der Waals surface area contributed by atoms with Crippen LogP contribution in [0.3, 0.4) is 0 Å². The standard InChI is InChI=1S/C20H16N4O2S2/c1-13-17(19(26)24(22(13)2)15-8-4-3-5-9-15)23-18(25)16(28-20(23)27)11-14-7-6-10-21-12-14/h3-12H,1-2H3/b16-11+. The van der Waals surface area contributed by atoms with Crippen LogP contribution < -0.4 is 10.5 Å². The highest BCUT2D eigenvalue weighted by molar-refractivity contribution is 8.27. The monoisotopic (exact) mass is 408 g/mol. The van der Waals surface area contributed by atoms with Gasteiger partial charge >= 0.3 is 0 Å². The molecule has 0 aliphatic carbocycles. The van der Waals surface area contributed by atoms with E-state index in [4.69, 9.17) is 12.2 Å². The van der Waals surface area contributed by atoms with Crippen molar-refractivity contribution in [1.82, 2.24) is 14.3 Å². The van der Waals surface area contributed by atoms with E-state index in [2.05, 4.69) is 4.98 Å². The Morgan fingerprint density at radius 2 is 1.86 bits per heavy atom. The molecule has 1 fully saturated rings. The molecule has 0 saturated carbocycles. The summed E-state index contributed by atoms with van der Waals surface area (Å²) < 4.78 is 3.61. The van der Waals surface area contributed by atoms with E-state index in [9.17, 15) is 9.59 Å². The number of rotatable bonds is 3. The summed E-state index contributed by atoms with van der Waals surface area (Å²) in [5, 5.41) is 0. The molecule has 0 spiro atoms. The van der Waals surface area contributed by atoms with Crippen molar-refractivity contribution < 1.29 is 4.79 Å². The summed E-state index contributed by atoms with van der Waals surface area (Å²) >= 11 is 6.62. The first-order valence-corrected chi connectivity index (χ1v) is 9.73. The highest BCUT2D eigenvalue weighted by Gasteiger charge is 2.37. The van der Waals surface area contributed by atoms with Crippen LogP contribution in [0.5, 0.6) is 0 Å². The molecule has 1 aliphatic rings. The topological polar surface area (TPSA) is 60.1 Å². The van der Waals surface area contributed by atoms with Crippen LogP contribution in [-0.4, -0.2) is 24.6 Å². The maximum Gasteiger partial charge on any atom is 0.296 e. The quantitative estimate of drug-likeness (QED) is 0.492. The number of carbonyl (C=O) groups is 1. The van der Waals surface area contributed by atoms with Crippen molar-refractivity contribution in [3.05, 3.63) is 81.4 Å². The Hall–Kier alpha value is -2.97. The maximum atomic E-state index is 13.2. The molecule has 0 bridgehead atoms. The van der Waals surface area contributed by atoms with Crippen molar-refractivity contribution in [2.24, 2.45) is 7.05 Å². The summed E-state index contributed by atoms with van der Waals surface area (Å²) in [6, 6.07) is 13.0. The van der Waals surface area contributed by atoms with Gasteiger partial charge in [0.25, 0.3) is 11.5 Å². The van der Waals surface area contributed by atoms with Gasteiger partial charge in [-0.05, 0) is 36.8 Å². The van der Waals surface area contributed by atoms with Gasteiger partial charge in [0.05, 0.1) is 16.3 Å². The van der Waals surface area contributed by atoms with E-state index in [-0.39, 0.29) is 17.2 Å². The van der Waals surface area contributed by atoms with Crippen LogP contribution in [0.15, 0.2) is 64.6 Å². The number of nitrogens with zero attached hydrogens (tertiary/aromatic N) is 4. The molecule has 1 aliphatic heterocycles.